The van der Waals surface area contributed by atoms with Crippen LogP contribution < -0.4 is 10.6 Å². The smallest absolute Gasteiger partial charge is 0.331 e. The van der Waals surface area contributed by atoms with Gasteiger partial charge in [-0.05, 0) is 30.9 Å². The lowest BCUT2D eigenvalue weighted by molar-refractivity contribution is -0.141. The minimum atomic E-state index is -1.02. The second kappa shape index (κ2) is 11.6. The molecule has 0 saturated heterocycles. The van der Waals surface area contributed by atoms with Crippen molar-refractivity contribution < 1.29 is 19.5 Å². The molecule has 34 heavy (non-hydrogen) atoms. The van der Waals surface area contributed by atoms with E-state index in [4.69, 9.17) is 0 Å². The van der Waals surface area contributed by atoms with Crippen molar-refractivity contribution >= 4 is 17.8 Å². The van der Waals surface area contributed by atoms with E-state index < -0.39 is 34.9 Å². The van der Waals surface area contributed by atoms with Gasteiger partial charge in [0.05, 0.1) is 12.1 Å². The fourth-order valence-electron chi connectivity index (χ4n) is 4.16. The van der Waals surface area contributed by atoms with Crippen LogP contribution in [0.15, 0.2) is 42.0 Å². The summed E-state index contributed by atoms with van der Waals surface area (Å²) >= 11 is 0. The molecule has 1 aromatic carbocycles. The molecule has 3 atom stereocenters. The van der Waals surface area contributed by atoms with E-state index >= 15 is 0 Å². The van der Waals surface area contributed by atoms with Gasteiger partial charge in [0.1, 0.15) is 6.04 Å². The summed E-state index contributed by atoms with van der Waals surface area (Å²) in [5, 5.41) is 15.5. The normalized spacial score (nSPS) is 15.4. The first kappa shape index (κ1) is 29.4. The number of aliphatic carboxylic acids is 1. The third kappa shape index (κ3) is 7.16. The Labute approximate surface area is 205 Å². The number of carboxylic acid groups (broad SMARTS) is 1. The highest BCUT2D eigenvalue weighted by atomic mass is 16.4. The lowest BCUT2D eigenvalue weighted by atomic mass is 9.76. The molecule has 7 nitrogen and oxygen atoms in total. The topological polar surface area (TPSA) is 98.7 Å². The predicted octanol–water partition coefficient (Wildman–Crippen LogP) is 3.60. The number of nitrogens with zero attached hydrogens (tertiary/aromatic N) is 1. The van der Waals surface area contributed by atoms with Crippen molar-refractivity contribution in [2.45, 2.75) is 78.9 Å². The lowest BCUT2D eigenvalue weighted by Crippen LogP contribution is -2.61. The summed E-state index contributed by atoms with van der Waals surface area (Å²) in [4.78, 5) is 40.1. The second-order valence-electron chi connectivity index (χ2n) is 11.0. The average molecular weight is 474 g/mol. The molecule has 0 radical (unpaired) electrons. The molecule has 7 heteroatoms. The number of rotatable bonds is 10. The van der Waals surface area contributed by atoms with Gasteiger partial charge >= 0.3 is 5.97 Å². The molecule has 0 saturated carbocycles. The predicted molar refractivity (Wildman–Crippen MR) is 136 cm³/mol. The van der Waals surface area contributed by atoms with E-state index in [2.05, 4.69) is 10.6 Å². The highest BCUT2D eigenvalue weighted by Gasteiger charge is 2.41. The molecule has 0 aromatic heterocycles. The standard InChI is InChI=1S/C27H43N3O4/c1-17(2)20(16-18(3)25(33)34)30(10)24(32)22(26(4,5)6)29-23(31)21(28-9)27(7,8)19-14-12-11-13-15-19/h11-17,20-22,28H,1-10H3,(H,29,31)(H,33,34)/t20?,21-,22+/m0/s1. The van der Waals surface area contributed by atoms with Gasteiger partial charge < -0.3 is 20.6 Å². The SMILES string of the molecule is CN[C@@H](C(=O)N[C@H](C(=O)N(C)C(C=C(C)C(=O)O)C(C)C)C(C)(C)C)C(C)(C)c1ccccc1. The minimum Gasteiger partial charge on any atom is -0.478 e. The third-order valence-electron chi connectivity index (χ3n) is 6.43. The maximum Gasteiger partial charge on any atom is 0.331 e. The van der Waals surface area contributed by atoms with Crippen LogP contribution in [0.3, 0.4) is 0 Å². The number of likely N-dealkylation sites (N-methyl/N-ethyl adjacent to an activating group) is 2. The van der Waals surface area contributed by atoms with Crippen LogP contribution in [0.5, 0.6) is 0 Å². The number of carbonyl (C=O) groups excluding carboxylic acids is 2. The summed E-state index contributed by atoms with van der Waals surface area (Å²) in [6, 6.07) is 7.99. The van der Waals surface area contributed by atoms with Gasteiger partial charge in [-0.3, -0.25) is 9.59 Å². The number of carboxylic acids is 1. The van der Waals surface area contributed by atoms with E-state index in [1.165, 1.54) is 6.92 Å². The van der Waals surface area contributed by atoms with Gasteiger partial charge in [-0.2, -0.15) is 0 Å². The van der Waals surface area contributed by atoms with Crippen LogP contribution in [0.4, 0.5) is 0 Å². The van der Waals surface area contributed by atoms with Crippen LogP contribution in [0, 0.1) is 11.3 Å². The maximum atomic E-state index is 13.7. The Morgan fingerprint density at radius 2 is 1.53 bits per heavy atom. The summed E-state index contributed by atoms with van der Waals surface area (Å²) in [5.41, 5.74) is 0.0895. The number of nitrogens with one attached hydrogen (secondary N) is 2. The molecule has 1 unspecified atom stereocenters. The number of amides is 2. The van der Waals surface area contributed by atoms with Gasteiger partial charge in [-0.1, -0.05) is 84.9 Å². The largest absolute Gasteiger partial charge is 0.478 e. The summed E-state index contributed by atoms with van der Waals surface area (Å²) < 4.78 is 0. The molecule has 0 aliphatic rings. The van der Waals surface area contributed by atoms with Crippen molar-refractivity contribution in [3.05, 3.63) is 47.5 Å². The zero-order valence-electron chi connectivity index (χ0n) is 22.4. The van der Waals surface area contributed by atoms with Crippen molar-refractivity contribution in [2.75, 3.05) is 14.1 Å². The zero-order chi connectivity index (χ0) is 26.4. The van der Waals surface area contributed by atoms with Crippen LogP contribution >= 0.6 is 0 Å². The number of hydrogen-bond donors (Lipinski definition) is 3. The first-order valence-corrected chi connectivity index (χ1v) is 11.8. The van der Waals surface area contributed by atoms with Crippen molar-refractivity contribution in [3.8, 4) is 0 Å². The molecule has 2 amide bonds. The molecular formula is C27H43N3O4. The Balaban J connectivity index is 3.29. The Kier molecular flexibility index (Phi) is 10.1. The van der Waals surface area contributed by atoms with E-state index in [0.29, 0.717) is 0 Å². The average Bonchev–Trinajstić information content (AvgIpc) is 2.74. The molecule has 190 valence electrons. The number of benzene rings is 1. The minimum absolute atomic E-state index is 0.0124. The van der Waals surface area contributed by atoms with Gasteiger partial charge in [0, 0.05) is 18.0 Å². The monoisotopic (exact) mass is 473 g/mol. The summed E-state index contributed by atoms with van der Waals surface area (Å²) in [6.45, 7) is 15.1. The summed E-state index contributed by atoms with van der Waals surface area (Å²) in [7, 11) is 3.40. The van der Waals surface area contributed by atoms with Gasteiger partial charge in [-0.25, -0.2) is 4.79 Å². The van der Waals surface area contributed by atoms with Crippen molar-refractivity contribution in [3.63, 3.8) is 0 Å². The van der Waals surface area contributed by atoms with Crippen LogP contribution in [-0.2, 0) is 19.8 Å². The summed E-state index contributed by atoms with van der Waals surface area (Å²) in [6.07, 6.45) is 1.60. The molecule has 1 rings (SSSR count). The molecule has 0 fully saturated rings. The van der Waals surface area contributed by atoms with E-state index in [1.807, 2.05) is 78.8 Å². The van der Waals surface area contributed by atoms with E-state index in [-0.39, 0.29) is 23.3 Å². The molecule has 0 aliphatic carbocycles. The van der Waals surface area contributed by atoms with Crippen LogP contribution in [-0.4, -0.2) is 60.0 Å². The first-order chi connectivity index (χ1) is 15.5. The van der Waals surface area contributed by atoms with E-state index in [0.717, 1.165) is 5.56 Å². The molecule has 0 aliphatic heterocycles. The molecular weight excluding hydrogens is 430 g/mol. The molecule has 0 bridgehead atoms. The molecule has 0 spiro atoms. The number of carbonyl (C=O) groups is 3. The van der Waals surface area contributed by atoms with Gasteiger partial charge in [-0.15, -0.1) is 0 Å². The van der Waals surface area contributed by atoms with Crippen molar-refractivity contribution in [1.82, 2.24) is 15.5 Å². The van der Waals surface area contributed by atoms with Crippen LogP contribution in [0.2, 0.25) is 0 Å². The molecule has 0 heterocycles. The quantitative estimate of drug-likeness (QED) is 0.451. The van der Waals surface area contributed by atoms with Crippen LogP contribution in [0.1, 0.15) is 61.0 Å². The Morgan fingerprint density at radius 3 is 1.94 bits per heavy atom. The maximum absolute atomic E-state index is 13.7. The van der Waals surface area contributed by atoms with Gasteiger partial charge in [0.2, 0.25) is 11.8 Å². The Hall–Kier alpha value is -2.67. The second-order valence-corrected chi connectivity index (χ2v) is 11.0. The van der Waals surface area contributed by atoms with Crippen molar-refractivity contribution in [1.29, 1.82) is 0 Å². The Morgan fingerprint density at radius 1 is 1.00 bits per heavy atom. The summed E-state index contributed by atoms with van der Waals surface area (Å²) in [5.74, 6) is -1.56. The van der Waals surface area contributed by atoms with E-state index in [1.54, 1.807) is 25.1 Å². The third-order valence-corrected chi connectivity index (χ3v) is 6.43. The highest BCUT2D eigenvalue weighted by Crippen LogP contribution is 2.29. The first-order valence-electron chi connectivity index (χ1n) is 11.8. The molecule has 3 N–H and O–H groups in total. The van der Waals surface area contributed by atoms with Gasteiger partial charge in [0.15, 0.2) is 0 Å². The number of hydrogen-bond acceptors (Lipinski definition) is 4. The fourth-order valence-corrected chi connectivity index (χ4v) is 4.16. The zero-order valence-corrected chi connectivity index (χ0v) is 22.4. The highest BCUT2D eigenvalue weighted by molar-refractivity contribution is 5.91. The fraction of sp³-hybridized carbons (Fsp3) is 0.593. The molecule has 1 aromatic rings. The Bertz CT molecular complexity index is 885. The van der Waals surface area contributed by atoms with Crippen molar-refractivity contribution in [2.24, 2.45) is 11.3 Å². The van der Waals surface area contributed by atoms with E-state index in [9.17, 15) is 19.5 Å². The van der Waals surface area contributed by atoms with Crippen LogP contribution in [0.25, 0.3) is 0 Å². The lowest BCUT2D eigenvalue weighted by Gasteiger charge is -2.39. The van der Waals surface area contributed by atoms with Gasteiger partial charge in [0.25, 0.3) is 0 Å².